The Labute approximate surface area is 122 Å². The van der Waals surface area contributed by atoms with Gasteiger partial charge in [0.15, 0.2) is 11.3 Å². The van der Waals surface area contributed by atoms with Gasteiger partial charge in [-0.15, -0.1) is 6.58 Å². The van der Waals surface area contributed by atoms with Crippen molar-refractivity contribution in [1.29, 1.82) is 5.41 Å². The molecule has 0 amide bonds. The number of anilines is 1. The van der Waals surface area contributed by atoms with Crippen molar-refractivity contribution in [2.45, 2.75) is 6.42 Å². The van der Waals surface area contributed by atoms with Crippen LogP contribution in [0.1, 0.15) is 12.0 Å². The van der Waals surface area contributed by atoms with E-state index in [9.17, 15) is 0 Å². The third-order valence-electron chi connectivity index (χ3n) is 3.14. The van der Waals surface area contributed by atoms with Gasteiger partial charge < -0.3 is 15.6 Å². The average molecular weight is 277 g/mol. The van der Waals surface area contributed by atoms with Crippen LogP contribution in [-0.2, 0) is 0 Å². The van der Waals surface area contributed by atoms with Crippen molar-refractivity contribution >= 4 is 22.9 Å². The minimum Gasteiger partial charge on any atom is -0.453 e. The van der Waals surface area contributed by atoms with E-state index in [1.807, 2.05) is 24.3 Å². The lowest BCUT2D eigenvalue weighted by molar-refractivity contribution is 0.612. The Bertz CT molecular complexity index is 877. The number of rotatable bonds is 3. The lowest BCUT2D eigenvalue weighted by Crippen LogP contribution is -2.00. The number of nitrogens with one attached hydrogen (secondary N) is 1. The molecule has 0 atom stereocenters. The van der Waals surface area contributed by atoms with Crippen LogP contribution in [-0.4, -0.2) is 4.98 Å². The number of allylic oxidation sites excluding steroid dienone is 2. The van der Waals surface area contributed by atoms with E-state index < -0.39 is 0 Å². The van der Waals surface area contributed by atoms with E-state index in [0.29, 0.717) is 22.4 Å². The molecule has 3 rings (SSSR count). The van der Waals surface area contributed by atoms with Crippen molar-refractivity contribution in [3.8, 4) is 11.5 Å². The number of benzene rings is 2. The standard InChI is InChI=1S/C17H15N3O/c1-2-3-4-5-11-8-13(19)10-16-17(11)20-14-7-6-12(18)9-15(14)21-16/h2,4-10,18H,1,3,19H2/b5-4-,18-12?. The second kappa shape index (κ2) is 5.25. The first-order valence-electron chi connectivity index (χ1n) is 6.63. The van der Waals surface area contributed by atoms with Gasteiger partial charge in [0.2, 0.25) is 0 Å². The third kappa shape index (κ3) is 2.56. The predicted molar refractivity (Wildman–Crippen MR) is 84.7 cm³/mol. The van der Waals surface area contributed by atoms with Crippen LogP contribution >= 0.6 is 0 Å². The van der Waals surface area contributed by atoms with E-state index >= 15 is 0 Å². The summed E-state index contributed by atoms with van der Waals surface area (Å²) in [6.45, 7) is 3.69. The Balaban J connectivity index is 2.29. The molecule has 21 heavy (non-hydrogen) atoms. The number of nitrogen functional groups attached to an aromatic ring is 1. The van der Waals surface area contributed by atoms with Crippen LogP contribution in [0.4, 0.5) is 5.69 Å². The summed E-state index contributed by atoms with van der Waals surface area (Å²) in [5, 5.41) is 8.04. The Kier molecular flexibility index (Phi) is 3.28. The van der Waals surface area contributed by atoms with Crippen LogP contribution in [0.5, 0.6) is 0 Å². The molecular weight excluding hydrogens is 262 g/mol. The minimum absolute atomic E-state index is 0.391. The molecule has 1 aromatic carbocycles. The molecule has 0 spiro atoms. The smallest absolute Gasteiger partial charge is 0.155 e. The Hall–Kier alpha value is -2.88. The highest BCUT2D eigenvalue weighted by atomic mass is 16.3. The van der Waals surface area contributed by atoms with E-state index in [-0.39, 0.29) is 0 Å². The highest BCUT2D eigenvalue weighted by Crippen LogP contribution is 2.28. The fraction of sp³-hybridized carbons (Fsp3) is 0.0588. The van der Waals surface area contributed by atoms with E-state index in [2.05, 4.69) is 11.6 Å². The number of nitrogens with zero attached hydrogens (tertiary/aromatic N) is 1. The van der Waals surface area contributed by atoms with Crippen LogP contribution < -0.4 is 11.1 Å². The minimum atomic E-state index is 0.391. The van der Waals surface area contributed by atoms with Crippen LogP contribution in [0.15, 0.2) is 53.5 Å². The van der Waals surface area contributed by atoms with Gasteiger partial charge in [0.1, 0.15) is 11.2 Å². The zero-order valence-electron chi connectivity index (χ0n) is 11.5. The SMILES string of the molecule is C=CC/C=C\c1cc(N)cc2oc3cc(=N)ccc-3nc12. The van der Waals surface area contributed by atoms with Crippen molar-refractivity contribution in [3.05, 3.63) is 60.0 Å². The molecule has 0 fully saturated rings. The third-order valence-corrected chi connectivity index (χ3v) is 3.14. The molecule has 0 unspecified atom stereocenters. The summed E-state index contributed by atoms with van der Waals surface area (Å²) < 4.78 is 5.84. The quantitative estimate of drug-likeness (QED) is 0.436. The molecule has 0 saturated heterocycles. The fourth-order valence-corrected chi connectivity index (χ4v) is 2.19. The van der Waals surface area contributed by atoms with Gasteiger partial charge in [-0.05, 0) is 24.6 Å². The highest BCUT2D eigenvalue weighted by molar-refractivity contribution is 5.88. The van der Waals surface area contributed by atoms with Crippen molar-refractivity contribution in [2.75, 3.05) is 5.73 Å². The maximum absolute atomic E-state index is 7.65. The first kappa shape index (κ1) is 13.1. The van der Waals surface area contributed by atoms with Gasteiger partial charge in [-0.1, -0.05) is 18.2 Å². The Morgan fingerprint density at radius 3 is 2.95 bits per heavy atom. The second-order valence-corrected chi connectivity index (χ2v) is 4.78. The Morgan fingerprint density at radius 2 is 2.14 bits per heavy atom. The van der Waals surface area contributed by atoms with E-state index in [4.69, 9.17) is 15.6 Å². The van der Waals surface area contributed by atoms with Gasteiger partial charge in [-0.3, -0.25) is 0 Å². The largest absolute Gasteiger partial charge is 0.453 e. The summed E-state index contributed by atoms with van der Waals surface area (Å²) in [6.07, 6.45) is 6.57. The number of hydrogen-bond acceptors (Lipinski definition) is 4. The summed E-state index contributed by atoms with van der Waals surface area (Å²) in [5.41, 5.74) is 9.55. The molecule has 104 valence electrons. The molecule has 1 aromatic rings. The summed E-state index contributed by atoms with van der Waals surface area (Å²) >= 11 is 0. The lowest BCUT2D eigenvalue weighted by Gasteiger charge is -2.08. The first-order valence-corrected chi connectivity index (χ1v) is 6.63. The maximum atomic E-state index is 7.65. The Morgan fingerprint density at radius 1 is 1.29 bits per heavy atom. The molecule has 0 radical (unpaired) electrons. The second-order valence-electron chi connectivity index (χ2n) is 4.78. The normalized spacial score (nSPS) is 11.4. The number of nitrogens with two attached hydrogens (primary N) is 1. The molecule has 4 nitrogen and oxygen atoms in total. The van der Waals surface area contributed by atoms with Gasteiger partial charge in [-0.25, -0.2) is 4.98 Å². The molecule has 1 aliphatic carbocycles. The maximum Gasteiger partial charge on any atom is 0.155 e. The molecule has 0 bridgehead atoms. The van der Waals surface area contributed by atoms with Crippen LogP contribution in [0.25, 0.3) is 28.6 Å². The van der Waals surface area contributed by atoms with E-state index in [0.717, 1.165) is 23.2 Å². The average Bonchev–Trinajstić information content (AvgIpc) is 2.45. The number of aromatic nitrogens is 1. The fourth-order valence-electron chi connectivity index (χ4n) is 2.19. The van der Waals surface area contributed by atoms with Gasteiger partial charge in [0, 0.05) is 23.4 Å². The first-order chi connectivity index (χ1) is 10.2. The summed E-state index contributed by atoms with van der Waals surface area (Å²) in [7, 11) is 0. The van der Waals surface area contributed by atoms with Crippen molar-refractivity contribution < 1.29 is 4.42 Å². The van der Waals surface area contributed by atoms with Gasteiger partial charge >= 0.3 is 0 Å². The number of hydrogen-bond donors (Lipinski definition) is 2. The van der Waals surface area contributed by atoms with E-state index in [1.54, 1.807) is 24.3 Å². The molecule has 1 heterocycles. The number of fused-ring (bicyclic) bond motifs is 2. The monoisotopic (exact) mass is 277 g/mol. The molecule has 1 aliphatic heterocycles. The molecule has 4 heteroatoms. The predicted octanol–water partition coefficient (Wildman–Crippen LogP) is 3.58. The van der Waals surface area contributed by atoms with Crippen LogP contribution in [0.2, 0.25) is 0 Å². The van der Waals surface area contributed by atoms with Crippen molar-refractivity contribution in [2.24, 2.45) is 0 Å². The van der Waals surface area contributed by atoms with Crippen molar-refractivity contribution in [1.82, 2.24) is 4.98 Å². The molecule has 3 N–H and O–H groups in total. The van der Waals surface area contributed by atoms with E-state index in [1.165, 1.54) is 0 Å². The topological polar surface area (TPSA) is 75.9 Å². The van der Waals surface area contributed by atoms with Gasteiger partial charge in [-0.2, -0.15) is 0 Å². The molecular formula is C17H15N3O. The molecule has 0 saturated carbocycles. The van der Waals surface area contributed by atoms with Gasteiger partial charge in [0.25, 0.3) is 0 Å². The highest BCUT2D eigenvalue weighted by Gasteiger charge is 2.11. The summed E-state index contributed by atoms with van der Waals surface area (Å²) in [6, 6.07) is 8.76. The van der Waals surface area contributed by atoms with Crippen LogP contribution in [0.3, 0.4) is 0 Å². The van der Waals surface area contributed by atoms with Gasteiger partial charge in [0.05, 0.1) is 5.36 Å². The van der Waals surface area contributed by atoms with Crippen molar-refractivity contribution in [3.63, 3.8) is 0 Å². The zero-order valence-corrected chi connectivity index (χ0v) is 11.5. The molecule has 2 aliphatic rings. The van der Waals surface area contributed by atoms with Crippen LogP contribution in [0, 0.1) is 5.41 Å². The molecule has 0 aromatic heterocycles. The lowest BCUT2D eigenvalue weighted by atomic mass is 10.1. The summed E-state index contributed by atoms with van der Waals surface area (Å²) in [4.78, 5) is 4.63. The summed E-state index contributed by atoms with van der Waals surface area (Å²) in [5.74, 6) is 0.585. The zero-order chi connectivity index (χ0) is 14.8.